The van der Waals surface area contributed by atoms with Crippen molar-refractivity contribution in [1.82, 2.24) is 4.98 Å². The van der Waals surface area contributed by atoms with E-state index in [1.807, 2.05) is 6.07 Å². The molecule has 0 unspecified atom stereocenters. The third kappa shape index (κ3) is 6.99. The Hall–Kier alpha value is -3.00. The van der Waals surface area contributed by atoms with Crippen molar-refractivity contribution < 1.29 is 23.4 Å². The number of benzene rings is 2. The SMILES string of the molecule is CNc1ccc(Oc2ccnc3cc(OCCCCCCSC(C)=O)c(OC)cc23)c(F)c1. The van der Waals surface area contributed by atoms with Crippen LogP contribution in [0, 0.1) is 5.82 Å². The zero-order valence-corrected chi connectivity index (χ0v) is 20.0. The largest absolute Gasteiger partial charge is 0.493 e. The summed E-state index contributed by atoms with van der Waals surface area (Å²) in [7, 11) is 3.31. The van der Waals surface area contributed by atoms with Crippen molar-refractivity contribution >= 4 is 33.5 Å². The minimum atomic E-state index is -0.460. The van der Waals surface area contributed by atoms with Gasteiger partial charge in [0.25, 0.3) is 0 Å². The molecule has 2 aromatic carbocycles. The number of rotatable bonds is 12. The first-order valence-corrected chi connectivity index (χ1v) is 11.9. The van der Waals surface area contributed by atoms with Crippen molar-refractivity contribution in [3.63, 3.8) is 0 Å². The van der Waals surface area contributed by atoms with Gasteiger partial charge in [0.1, 0.15) is 5.75 Å². The monoisotopic (exact) mass is 472 g/mol. The van der Waals surface area contributed by atoms with E-state index in [0.29, 0.717) is 40.4 Å². The van der Waals surface area contributed by atoms with E-state index >= 15 is 0 Å². The first kappa shape index (κ1) is 24.6. The van der Waals surface area contributed by atoms with Gasteiger partial charge in [0.05, 0.1) is 19.2 Å². The molecule has 6 nitrogen and oxygen atoms in total. The van der Waals surface area contributed by atoms with Crippen molar-refractivity contribution in [2.45, 2.75) is 32.6 Å². The van der Waals surface area contributed by atoms with Gasteiger partial charge in [-0.25, -0.2) is 4.39 Å². The highest BCUT2D eigenvalue weighted by atomic mass is 32.2. The number of carbonyl (C=O) groups is 1. The molecule has 0 spiro atoms. The van der Waals surface area contributed by atoms with Gasteiger partial charge in [-0.15, -0.1) is 0 Å². The van der Waals surface area contributed by atoms with Gasteiger partial charge >= 0.3 is 0 Å². The maximum atomic E-state index is 14.4. The Morgan fingerprint density at radius 3 is 2.58 bits per heavy atom. The Balaban J connectivity index is 1.66. The molecule has 0 radical (unpaired) electrons. The molecule has 0 amide bonds. The second kappa shape index (κ2) is 12.3. The molecular formula is C25H29FN2O4S. The average molecular weight is 473 g/mol. The molecular weight excluding hydrogens is 443 g/mol. The topological polar surface area (TPSA) is 69.7 Å². The van der Waals surface area contributed by atoms with Gasteiger partial charge in [0, 0.05) is 49.1 Å². The predicted molar refractivity (Wildman–Crippen MR) is 131 cm³/mol. The highest BCUT2D eigenvalue weighted by molar-refractivity contribution is 8.13. The van der Waals surface area contributed by atoms with Crippen molar-refractivity contribution in [2.75, 3.05) is 31.8 Å². The Morgan fingerprint density at radius 1 is 1.03 bits per heavy atom. The minimum Gasteiger partial charge on any atom is -0.493 e. The molecule has 0 aliphatic heterocycles. The van der Waals surface area contributed by atoms with Crippen molar-refractivity contribution in [2.24, 2.45) is 0 Å². The molecule has 0 fully saturated rings. The van der Waals surface area contributed by atoms with Crippen LogP contribution in [0.5, 0.6) is 23.0 Å². The number of ether oxygens (including phenoxy) is 3. The summed E-state index contributed by atoms with van der Waals surface area (Å²) in [5, 5.41) is 3.76. The number of hydrogen-bond acceptors (Lipinski definition) is 7. The number of halogens is 1. The summed E-state index contributed by atoms with van der Waals surface area (Å²) >= 11 is 1.37. The first-order chi connectivity index (χ1) is 16.0. The molecule has 0 aliphatic carbocycles. The molecule has 3 rings (SSSR count). The van der Waals surface area contributed by atoms with Crippen LogP contribution in [0.25, 0.3) is 10.9 Å². The zero-order chi connectivity index (χ0) is 23.6. The van der Waals surface area contributed by atoms with Gasteiger partial charge in [-0.1, -0.05) is 24.6 Å². The van der Waals surface area contributed by atoms with Crippen LogP contribution in [0.1, 0.15) is 32.6 Å². The Labute approximate surface area is 197 Å². The molecule has 0 aliphatic rings. The molecule has 1 aromatic heterocycles. The number of nitrogens with zero attached hydrogens (tertiary/aromatic N) is 1. The lowest BCUT2D eigenvalue weighted by molar-refractivity contribution is -0.109. The molecule has 3 aromatic rings. The predicted octanol–water partition coefficient (Wildman–Crippen LogP) is 6.44. The second-order valence-corrected chi connectivity index (χ2v) is 8.70. The lowest BCUT2D eigenvalue weighted by atomic mass is 10.1. The molecule has 0 saturated carbocycles. The molecule has 33 heavy (non-hydrogen) atoms. The third-order valence-electron chi connectivity index (χ3n) is 5.03. The van der Waals surface area contributed by atoms with Gasteiger partial charge in [0.15, 0.2) is 28.2 Å². The summed E-state index contributed by atoms with van der Waals surface area (Å²) in [6.45, 7) is 2.15. The summed E-state index contributed by atoms with van der Waals surface area (Å²) in [6, 6.07) is 10.0. The second-order valence-electron chi connectivity index (χ2n) is 7.43. The smallest absolute Gasteiger partial charge is 0.185 e. The van der Waals surface area contributed by atoms with Crippen molar-refractivity contribution in [3.8, 4) is 23.0 Å². The summed E-state index contributed by atoms with van der Waals surface area (Å²) in [5.74, 6) is 2.18. The number of aromatic nitrogens is 1. The van der Waals surface area contributed by atoms with Gasteiger partial charge in [-0.2, -0.15) is 0 Å². The van der Waals surface area contributed by atoms with Crippen LogP contribution in [0.15, 0.2) is 42.6 Å². The number of thioether (sulfide) groups is 1. The number of hydrogen-bond donors (Lipinski definition) is 1. The summed E-state index contributed by atoms with van der Waals surface area (Å²) < 4.78 is 31.7. The number of pyridine rings is 1. The molecule has 0 saturated heterocycles. The number of nitrogens with one attached hydrogen (secondary N) is 1. The Morgan fingerprint density at radius 2 is 1.85 bits per heavy atom. The fraction of sp³-hybridized carbons (Fsp3) is 0.360. The van der Waals surface area contributed by atoms with Crippen LogP contribution >= 0.6 is 11.8 Å². The van der Waals surface area contributed by atoms with Crippen LogP contribution in [-0.2, 0) is 4.79 Å². The summed E-state index contributed by atoms with van der Waals surface area (Å²) in [6.07, 6.45) is 5.64. The molecule has 8 heteroatoms. The number of anilines is 1. The Bertz CT molecular complexity index is 1090. The van der Waals surface area contributed by atoms with Crippen molar-refractivity contribution in [1.29, 1.82) is 0 Å². The van der Waals surface area contributed by atoms with E-state index in [0.717, 1.165) is 31.4 Å². The minimum absolute atomic E-state index is 0.127. The standard InChI is InChI=1S/C25H29FN2O4S/c1-17(29)33-13-7-5-4-6-12-31-25-16-21-19(15-24(25)30-3)22(10-11-28-21)32-23-9-8-18(27-2)14-20(23)26/h8-11,14-16,27H,4-7,12-13H2,1-3H3. The van der Waals surface area contributed by atoms with Crippen LogP contribution in [0.2, 0.25) is 0 Å². The van der Waals surface area contributed by atoms with E-state index in [4.69, 9.17) is 14.2 Å². The number of carbonyl (C=O) groups excluding carboxylic acids is 1. The maximum absolute atomic E-state index is 14.4. The van der Waals surface area contributed by atoms with Crippen molar-refractivity contribution in [3.05, 3.63) is 48.4 Å². The maximum Gasteiger partial charge on any atom is 0.185 e. The lowest BCUT2D eigenvalue weighted by Crippen LogP contribution is -2.00. The van der Waals surface area contributed by atoms with Gasteiger partial charge in [-0.05, 0) is 37.1 Å². The fourth-order valence-corrected chi connectivity index (χ4v) is 3.94. The highest BCUT2D eigenvalue weighted by Crippen LogP contribution is 2.37. The fourth-order valence-electron chi connectivity index (χ4n) is 3.30. The highest BCUT2D eigenvalue weighted by Gasteiger charge is 2.14. The lowest BCUT2D eigenvalue weighted by Gasteiger charge is -2.14. The van der Waals surface area contributed by atoms with Crippen LogP contribution < -0.4 is 19.5 Å². The average Bonchev–Trinajstić information content (AvgIpc) is 2.81. The third-order valence-corrected chi connectivity index (χ3v) is 5.93. The van der Waals surface area contributed by atoms with Crippen LogP contribution in [-0.4, -0.2) is 36.6 Å². The van der Waals surface area contributed by atoms with E-state index in [1.54, 1.807) is 51.5 Å². The molecule has 1 N–H and O–H groups in total. The first-order valence-electron chi connectivity index (χ1n) is 10.9. The van der Waals surface area contributed by atoms with E-state index < -0.39 is 5.82 Å². The van der Waals surface area contributed by atoms with E-state index in [-0.39, 0.29) is 10.9 Å². The number of fused-ring (bicyclic) bond motifs is 1. The van der Waals surface area contributed by atoms with Gasteiger partial charge in [-0.3, -0.25) is 9.78 Å². The molecule has 176 valence electrons. The molecule has 0 atom stereocenters. The van der Waals surface area contributed by atoms with E-state index in [2.05, 4.69) is 10.3 Å². The zero-order valence-electron chi connectivity index (χ0n) is 19.2. The number of unbranched alkanes of at least 4 members (excludes halogenated alkanes) is 3. The summed E-state index contributed by atoms with van der Waals surface area (Å²) in [5.41, 5.74) is 1.33. The van der Waals surface area contributed by atoms with Gasteiger partial charge in [0.2, 0.25) is 0 Å². The van der Waals surface area contributed by atoms with Crippen LogP contribution in [0.4, 0.5) is 10.1 Å². The normalized spacial score (nSPS) is 10.8. The quantitative estimate of drug-likeness (QED) is 0.304. The van der Waals surface area contributed by atoms with Crippen LogP contribution in [0.3, 0.4) is 0 Å². The Kier molecular flexibility index (Phi) is 9.18. The van der Waals surface area contributed by atoms with Gasteiger partial charge < -0.3 is 19.5 Å². The number of methoxy groups -OCH3 is 1. The van der Waals surface area contributed by atoms with E-state index in [1.165, 1.54) is 17.8 Å². The molecule has 1 heterocycles. The molecule has 0 bridgehead atoms. The summed E-state index contributed by atoms with van der Waals surface area (Å²) in [4.78, 5) is 15.4. The van der Waals surface area contributed by atoms with E-state index in [9.17, 15) is 9.18 Å².